The van der Waals surface area contributed by atoms with E-state index in [1.807, 2.05) is 12.1 Å². The molecule has 0 aliphatic carbocycles. The highest BCUT2D eigenvalue weighted by atomic mass is 16.5. The highest BCUT2D eigenvalue weighted by Crippen LogP contribution is 2.24. The SMILES string of the molecule is COc1ccc(CNC(=O)c2cc(N3CCN(C)CC3)ncn2)c(OC)c1. The van der Waals surface area contributed by atoms with Crippen LogP contribution in [0.25, 0.3) is 0 Å². The average molecular weight is 371 g/mol. The van der Waals surface area contributed by atoms with Gasteiger partial charge in [0.25, 0.3) is 5.91 Å². The quantitative estimate of drug-likeness (QED) is 0.817. The Balaban J connectivity index is 1.65. The number of nitrogens with zero attached hydrogens (tertiary/aromatic N) is 4. The van der Waals surface area contributed by atoms with Crippen molar-refractivity contribution in [3.63, 3.8) is 0 Å². The number of hydrogen-bond acceptors (Lipinski definition) is 7. The Hall–Kier alpha value is -2.87. The number of ether oxygens (including phenoxy) is 2. The van der Waals surface area contributed by atoms with Gasteiger partial charge in [0.05, 0.1) is 14.2 Å². The standard InChI is InChI=1S/C19H25N5O3/c1-23-6-8-24(9-7-23)18-11-16(21-13-22-18)19(25)20-12-14-4-5-15(26-2)10-17(14)27-3/h4-5,10-11,13H,6-9,12H2,1-3H3,(H,20,25). The van der Waals surface area contributed by atoms with Crippen molar-refractivity contribution in [1.29, 1.82) is 0 Å². The number of amides is 1. The molecular formula is C19H25N5O3. The number of piperazine rings is 1. The van der Waals surface area contributed by atoms with Crippen LogP contribution in [0, 0.1) is 0 Å². The third-order valence-electron chi connectivity index (χ3n) is 4.65. The first kappa shape index (κ1) is 18.9. The van der Waals surface area contributed by atoms with Crippen molar-refractivity contribution in [2.24, 2.45) is 0 Å². The summed E-state index contributed by atoms with van der Waals surface area (Å²) in [6.45, 7) is 4.06. The summed E-state index contributed by atoms with van der Waals surface area (Å²) in [7, 11) is 5.29. The fraction of sp³-hybridized carbons (Fsp3) is 0.421. The van der Waals surface area contributed by atoms with Crippen molar-refractivity contribution >= 4 is 11.7 Å². The number of anilines is 1. The Kier molecular flexibility index (Phi) is 6.08. The Morgan fingerprint density at radius 1 is 1.11 bits per heavy atom. The average Bonchev–Trinajstić information content (AvgIpc) is 2.72. The highest BCUT2D eigenvalue weighted by Gasteiger charge is 2.17. The summed E-state index contributed by atoms with van der Waals surface area (Å²) in [5, 5.41) is 2.89. The zero-order valence-corrected chi connectivity index (χ0v) is 15.9. The van der Waals surface area contributed by atoms with Gasteiger partial charge in [-0.15, -0.1) is 0 Å². The summed E-state index contributed by atoms with van der Waals surface area (Å²) in [6, 6.07) is 7.23. The number of likely N-dealkylation sites (N-methyl/N-ethyl adjacent to an activating group) is 1. The van der Waals surface area contributed by atoms with Gasteiger partial charge < -0.3 is 24.6 Å². The molecule has 1 aliphatic rings. The van der Waals surface area contributed by atoms with Gasteiger partial charge in [-0.2, -0.15) is 0 Å². The lowest BCUT2D eigenvalue weighted by molar-refractivity contribution is 0.0945. The van der Waals surface area contributed by atoms with E-state index in [9.17, 15) is 4.79 Å². The van der Waals surface area contributed by atoms with Crippen molar-refractivity contribution in [2.45, 2.75) is 6.54 Å². The molecule has 144 valence electrons. The summed E-state index contributed by atoms with van der Waals surface area (Å²) in [5.74, 6) is 1.90. The molecule has 1 aromatic heterocycles. The molecule has 2 heterocycles. The number of aromatic nitrogens is 2. The van der Waals surface area contributed by atoms with Crippen LogP contribution in [0.5, 0.6) is 11.5 Å². The molecule has 0 saturated carbocycles. The summed E-state index contributed by atoms with van der Waals surface area (Å²) in [5.41, 5.74) is 1.21. The highest BCUT2D eigenvalue weighted by molar-refractivity contribution is 5.92. The van der Waals surface area contributed by atoms with Gasteiger partial charge in [-0.3, -0.25) is 4.79 Å². The third kappa shape index (κ3) is 4.65. The minimum Gasteiger partial charge on any atom is -0.497 e. The minimum atomic E-state index is -0.245. The number of carbonyl (C=O) groups is 1. The summed E-state index contributed by atoms with van der Waals surface area (Å²) in [4.78, 5) is 25.4. The molecule has 3 rings (SSSR count). The zero-order valence-electron chi connectivity index (χ0n) is 15.9. The number of benzene rings is 1. The first-order valence-electron chi connectivity index (χ1n) is 8.85. The monoisotopic (exact) mass is 371 g/mol. The molecule has 1 aliphatic heterocycles. The van der Waals surface area contributed by atoms with Crippen LogP contribution in [0.1, 0.15) is 16.1 Å². The molecule has 1 N–H and O–H groups in total. The van der Waals surface area contributed by atoms with E-state index in [-0.39, 0.29) is 5.91 Å². The van der Waals surface area contributed by atoms with E-state index >= 15 is 0 Å². The molecule has 0 radical (unpaired) electrons. The van der Waals surface area contributed by atoms with Crippen molar-refractivity contribution < 1.29 is 14.3 Å². The fourth-order valence-electron chi connectivity index (χ4n) is 2.94. The first-order chi connectivity index (χ1) is 13.1. The number of hydrogen-bond donors (Lipinski definition) is 1. The van der Waals surface area contributed by atoms with Gasteiger partial charge >= 0.3 is 0 Å². The van der Waals surface area contributed by atoms with Gasteiger partial charge in [-0.1, -0.05) is 0 Å². The third-order valence-corrected chi connectivity index (χ3v) is 4.65. The molecule has 1 saturated heterocycles. The van der Waals surface area contributed by atoms with Gasteiger partial charge in [-0.25, -0.2) is 9.97 Å². The van der Waals surface area contributed by atoms with E-state index in [1.165, 1.54) is 6.33 Å². The molecule has 1 fully saturated rings. The van der Waals surface area contributed by atoms with Gasteiger partial charge in [0.1, 0.15) is 29.3 Å². The Bertz CT molecular complexity index is 791. The van der Waals surface area contributed by atoms with Crippen molar-refractivity contribution in [3.8, 4) is 11.5 Å². The van der Waals surface area contributed by atoms with Gasteiger partial charge in [0, 0.05) is 50.4 Å². The molecule has 0 unspecified atom stereocenters. The first-order valence-corrected chi connectivity index (χ1v) is 8.85. The van der Waals surface area contributed by atoms with E-state index in [2.05, 4.69) is 32.1 Å². The molecular weight excluding hydrogens is 346 g/mol. The summed E-state index contributed by atoms with van der Waals surface area (Å²) < 4.78 is 10.6. The maximum absolute atomic E-state index is 12.5. The molecule has 1 aromatic carbocycles. The van der Waals surface area contributed by atoms with Gasteiger partial charge in [0.2, 0.25) is 0 Å². The lowest BCUT2D eigenvalue weighted by Gasteiger charge is -2.33. The summed E-state index contributed by atoms with van der Waals surface area (Å²) >= 11 is 0. The van der Waals surface area contributed by atoms with Crippen LogP contribution in [-0.4, -0.2) is 68.2 Å². The lowest BCUT2D eigenvalue weighted by atomic mass is 10.2. The predicted molar refractivity (Wildman–Crippen MR) is 102 cm³/mol. The summed E-state index contributed by atoms with van der Waals surface area (Å²) in [6.07, 6.45) is 1.44. The van der Waals surface area contributed by atoms with Crippen molar-refractivity contribution in [2.75, 3.05) is 52.3 Å². The molecule has 0 bridgehead atoms. The van der Waals surface area contributed by atoms with Crippen LogP contribution in [0.3, 0.4) is 0 Å². The second-order valence-corrected chi connectivity index (χ2v) is 6.41. The fourth-order valence-corrected chi connectivity index (χ4v) is 2.94. The Morgan fingerprint density at radius 2 is 1.89 bits per heavy atom. The molecule has 8 nitrogen and oxygen atoms in total. The van der Waals surface area contributed by atoms with Gasteiger partial charge in [0.15, 0.2) is 0 Å². The Morgan fingerprint density at radius 3 is 2.59 bits per heavy atom. The molecule has 0 spiro atoms. The lowest BCUT2D eigenvalue weighted by Crippen LogP contribution is -2.44. The zero-order chi connectivity index (χ0) is 19.2. The molecule has 8 heteroatoms. The van der Waals surface area contributed by atoms with Crippen molar-refractivity contribution in [1.82, 2.24) is 20.2 Å². The maximum Gasteiger partial charge on any atom is 0.270 e. The number of methoxy groups -OCH3 is 2. The largest absolute Gasteiger partial charge is 0.497 e. The van der Waals surface area contributed by atoms with E-state index in [1.54, 1.807) is 26.4 Å². The van der Waals surface area contributed by atoms with Crippen LogP contribution >= 0.6 is 0 Å². The molecule has 27 heavy (non-hydrogen) atoms. The van der Waals surface area contributed by atoms with Crippen LogP contribution in [0.15, 0.2) is 30.6 Å². The number of rotatable bonds is 6. The molecule has 1 amide bonds. The second-order valence-electron chi connectivity index (χ2n) is 6.41. The van der Waals surface area contributed by atoms with Crippen LogP contribution in [0.4, 0.5) is 5.82 Å². The number of carbonyl (C=O) groups excluding carboxylic acids is 1. The van der Waals surface area contributed by atoms with E-state index < -0.39 is 0 Å². The van der Waals surface area contributed by atoms with E-state index in [0.29, 0.717) is 23.7 Å². The van der Waals surface area contributed by atoms with E-state index in [0.717, 1.165) is 37.6 Å². The minimum absolute atomic E-state index is 0.245. The van der Waals surface area contributed by atoms with Crippen LogP contribution < -0.4 is 19.7 Å². The van der Waals surface area contributed by atoms with Gasteiger partial charge in [-0.05, 0) is 19.2 Å². The van der Waals surface area contributed by atoms with E-state index in [4.69, 9.17) is 9.47 Å². The molecule has 2 aromatic rings. The van der Waals surface area contributed by atoms with Crippen LogP contribution in [-0.2, 0) is 6.54 Å². The molecule has 0 atom stereocenters. The maximum atomic E-state index is 12.5. The number of nitrogens with one attached hydrogen (secondary N) is 1. The predicted octanol–water partition coefficient (Wildman–Crippen LogP) is 1.18. The normalized spacial score (nSPS) is 14.7. The Labute approximate surface area is 159 Å². The smallest absolute Gasteiger partial charge is 0.270 e. The topological polar surface area (TPSA) is 79.8 Å². The van der Waals surface area contributed by atoms with Crippen LogP contribution in [0.2, 0.25) is 0 Å². The second kappa shape index (κ2) is 8.68. The van der Waals surface area contributed by atoms with Crippen molar-refractivity contribution in [3.05, 3.63) is 41.9 Å².